The molecular formula is C13H24N4O. The Balaban J connectivity index is 2.09. The van der Waals surface area contributed by atoms with Crippen LogP contribution in [0.25, 0.3) is 0 Å². The molecule has 0 atom stereocenters. The van der Waals surface area contributed by atoms with Crippen molar-refractivity contribution in [2.24, 2.45) is 5.92 Å². The molecule has 5 heteroatoms. The molecule has 2 N–H and O–H groups in total. The van der Waals surface area contributed by atoms with Crippen molar-refractivity contribution in [3.8, 4) is 0 Å². The summed E-state index contributed by atoms with van der Waals surface area (Å²) < 4.78 is 7.25. The average Bonchev–Trinajstić information content (AvgIpc) is 2.67. The zero-order chi connectivity index (χ0) is 13.1. The Morgan fingerprint density at radius 1 is 1.39 bits per heavy atom. The predicted molar refractivity (Wildman–Crippen MR) is 73.9 cm³/mol. The van der Waals surface area contributed by atoms with Crippen LogP contribution in [0.2, 0.25) is 0 Å². The molecule has 1 fully saturated rings. The van der Waals surface area contributed by atoms with Crippen molar-refractivity contribution in [2.75, 3.05) is 37.4 Å². The molecular weight excluding hydrogens is 228 g/mol. The number of rotatable bonds is 4. The summed E-state index contributed by atoms with van der Waals surface area (Å²) in [5.74, 6) is 1.79. The number of aryl methyl sites for hydroxylation is 2. The maximum Gasteiger partial charge on any atom is 0.150 e. The Morgan fingerprint density at radius 2 is 2.06 bits per heavy atom. The normalized spacial score (nSPS) is 17.4. The number of hydrogen-bond acceptors (Lipinski definition) is 4. The Hall–Kier alpha value is -1.23. The van der Waals surface area contributed by atoms with Gasteiger partial charge in [-0.3, -0.25) is 0 Å². The summed E-state index contributed by atoms with van der Waals surface area (Å²) in [7, 11) is 1.78. The van der Waals surface area contributed by atoms with Crippen LogP contribution < -0.4 is 10.6 Å². The van der Waals surface area contributed by atoms with Gasteiger partial charge in [0.05, 0.1) is 11.4 Å². The molecule has 5 nitrogen and oxygen atoms in total. The quantitative estimate of drug-likeness (QED) is 0.885. The molecule has 0 aromatic carbocycles. The highest BCUT2D eigenvalue weighted by Gasteiger charge is 2.24. The second-order valence-corrected chi connectivity index (χ2v) is 5.02. The highest BCUT2D eigenvalue weighted by atomic mass is 16.5. The average molecular weight is 252 g/mol. The molecule has 0 spiro atoms. The van der Waals surface area contributed by atoms with E-state index in [1.807, 2.05) is 11.6 Å². The van der Waals surface area contributed by atoms with Gasteiger partial charge in [0, 0.05) is 33.4 Å². The Kier molecular flexibility index (Phi) is 4.11. The highest BCUT2D eigenvalue weighted by Crippen LogP contribution is 2.30. The van der Waals surface area contributed by atoms with Crippen LogP contribution in [0, 0.1) is 12.8 Å². The van der Waals surface area contributed by atoms with Gasteiger partial charge >= 0.3 is 0 Å². The van der Waals surface area contributed by atoms with Crippen molar-refractivity contribution in [3.63, 3.8) is 0 Å². The van der Waals surface area contributed by atoms with Gasteiger partial charge in [-0.2, -0.15) is 5.10 Å². The van der Waals surface area contributed by atoms with Crippen LogP contribution in [-0.4, -0.2) is 36.6 Å². The second-order valence-electron chi connectivity index (χ2n) is 5.02. The Morgan fingerprint density at radius 3 is 2.61 bits per heavy atom. The number of anilines is 2. The highest BCUT2D eigenvalue weighted by molar-refractivity contribution is 5.66. The number of methoxy groups -OCH3 is 1. The smallest absolute Gasteiger partial charge is 0.150 e. The summed E-state index contributed by atoms with van der Waals surface area (Å²) in [5, 5.41) is 4.48. The summed E-state index contributed by atoms with van der Waals surface area (Å²) in [5.41, 5.74) is 7.92. The molecule has 0 saturated carbocycles. The lowest BCUT2D eigenvalue weighted by atomic mass is 9.98. The lowest BCUT2D eigenvalue weighted by molar-refractivity contribution is 0.139. The summed E-state index contributed by atoms with van der Waals surface area (Å²) >= 11 is 0. The van der Waals surface area contributed by atoms with Crippen molar-refractivity contribution in [2.45, 2.75) is 33.2 Å². The fraction of sp³-hybridized carbons (Fsp3) is 0.769. The van der Waals surface area contributed by atoms with Gasteiger partial charge in [-0.15, -0.1) is 0 Å². The van der Waals surface area contributed by atoms with Crippen molar-refractivity contribution in [3.05, 3.63) is 5.69 Å². The van der Waals surface area contributed by atoms with E-state index in [1.54, 1.807) is 7.11 Å². The zero-order valence-corrected chi connectivity index (χ0v) is 11.6. The first kappa shape index (κ1) is 13.2. The topological polar surface area (TPSA) is 56.3 Å². The maximum atomic E-state index is 6.15. The van der Waals surface area contributed by atoms with E-state index in [0.717, 1.165) is 43.4 Å². The first-order chi connectivity index (χ1) is 8.67. The van der Waals surface area contributed by atoms with Crippen LogP contribution in [-0.2, 0) is 11.3 Å². The number of ether oxygens (including phenoxy) is 1. The number of piperidine rings is 1. The SMILES string of the molecule is CCn1nc(C)c(N)c1N1CCC(COC)CC1. The van der Waals surface area contributed by atoms with Crippen LogP contribution in [0.3, 0.4) is 0 Å². The van der Waals surface area contributed by atoms with Crippen molar-refractivity contribution in [1.29, 1.82) is 0 Å². The van der Waals surface area contributed by atoms with Crippen LogP contribution in [0.15, 0.2) is 0 Å². The lowest BCUT2D eigenvalue weighted by Crippen LogP contribution is -2.36. The predicted octanol–water partition coefficient (Wildman–Crippen LogP) is 1.66. The number of nitrogens with two attached hydrogens (primary N) is 1. The molecule has 2 rings (SSSR count). The third kappa shape index (κ3) is 2.46. The maximum absolute atomic E-state index is 6.15. The van der Waals surface area contributed by atoms with E-state index in [1.165, 1.54) is 12.8 Å². The summed E-state index contributed by atoms with van der Waals surface area (Å²) in [6.45, 7) is 7.91. The number of nitrogen functional groups attached to an aromatic ring is 1. The minimum Gasteiger partial charge on any atom is -0.394 e. The summed E-state index contributed by atoms with van der Waals surface area (Å²) in [4.78, 5) is 2.37. The van der Waals surface area contributed by atoms with Gasteiger partial charge in [-0.1, -0.05) is 0 Å². The Bertz CT molecular complexity index is 394. The molecule has 1 aliphatic heterocycles. The molecule has 2 heterocycles. The van der Waals surface area contributed by atoms with Gasteiger partial charge < -0.3 is 15.4 Å². The standard InChI is InChI=1S/C13H24N4O/c1-4-17-13(12(14)10(2)15-17)16-7-5-11(6-8-16)9-18-3/h11H,4-9,14H2,1-3H3. The molecule has 0 radical (unpaired) electrons. The molecule has 0 unspecified atom stereocenters. The number of hydrogen-bond donors (Lipinski definition) is 1. The first-order valence-corrected chi connectivity index (χ1v) is 6.74. The van der Waals surface area contributed by atoms with E-state index >= 15 is 0 Å². The lowest BCUT2D eigenvalue weighted by Gasteiger charge is -2.33. The largest absolute Gasteiger partial charge is 0.394 e. The molecule has 18 heavy (non-hydrogen) atoms. The van der Waals surface area contributed by atoms with E-state index in [-0.39, 0.29) is 0 Å². The van der Waals surface area contributed by atoms with Gasteiger partial charge in [0.15, 0.2) is 5.82 Å². The first-order valence-electron chi connectivity index (χ1n) is 6.74. The van der Waals surface area contributed by atoms with Crippen LogP contribution in [0.4, 0.5) is 11.5 Å². The molecule has 102 valence electrons. The number of nitrogens with zero attached hydrogens (tertiary/aromatic N) is 3. The van der Waals surface area contributed by atoms with Gasteiger partial charge in [0.2, 0.25) is 0 Å². The zero-order valence-electron chi connectivity index (χ0n) is 11.6. The van der Waals surface area contributed by atoms with E-state index < -0.39 is 0 Å². The Labute approximate surface area is 109 Å². The molecule has 1 saturated heterocycles. The minimum atomic E-state index is 0.687. The molecule has 1 aromatic heterocycles. The summed E-state index contributed by atoms with van der Waals surface area (Å²) in [6.07, 6.45) is 2.34. The fourth-order valence-corrected chi connectivity index (χ4v) is 2.68. The van der Waals surface area contributed by atoms with Crippen LogP contribution in [0.1, 0.15) is 25.5 Å². The van der Waals surface area contributed by atoms with E-state index in [2.05, 4.69) is 16.9 Å². The molecule has 1 aliphatic rings. The van der Waals surface area contributed by atoms with Gasteiger partial charge in [-0.05, 0) is 32.6 Å². The van der Waals surface area contributed by atoms with Crippen molar-refractivity contribution < 1.29 is 4.74 Å². The fourth-order valence-electron chi connectivity index (χ4n) is 2.68. The number of aromatic nitrogens is 2. The van der Waals surface area contributed by atoms with Gasteiger partial charge in [-0.25, -0.2) is 4.68 Å². The van der Waals surface area contributed by atoms with Crippen LogP contribution >= 0.6 is 0 Å². The summed E-state index contributed by atoms with van der Waals surface area (Å²) in [6, 6.07) is 0. The van der Waals surface area contributed by atoms with E-state index in [4.69, 9.17) is 10.5 Å². The molecule has 0 amide bonds. The van der Waals surface area contributed by atoms with Crippen molar-refractivity contribution >= 4 is 11.5 Å². The minimum absolute atomic E-state index is 0.687. The third-order valence-corrected chi connectivity index (χ3v) is 3.76. The molecule has 0 bridgehead atoms. The van der Waals surface area contributed by atoms with Crippen molar-refractivity contribution in [1.82, 2.24) is 9.78 Å². The van der Waals surface area contributed by atoms with E-state index in [9.17, 15) is 0 Å². The van der Waals surface area contributed by atoms with Gasteiger partial charge in [0.25, 0.3) is 0 Å². The second kappa shape index (κ2) is 5.61. The van der Waals surface area contributed by atoms with E-state index in [0.29, 0.717) is 5.92 Å². The monoisotopic (exact) mass is 252 g/mol. The van der Waals surface area contributed by atoms with Gasteiger partial charge in [0.1, 0.15) is 0 Å². The third-order valence-electron chi connectivity index (χ3n) is 3.76. The molecule has 1 aromatic rings. The van der Waals surface area contributed by atoms with Crippen LogP contribution in [0.5, 0.6) is 0 Å². The molecule has 0 aliphatic carbocycles.